The fraction of sp³-hybridized carbons (Fsp3) is 0.125. The molecule has 2 amide bonds. The van der Waals surface area contributed by atoms with Crippen LogP contribution in [0.2, 0.25) is 0 Å². The van der Waals surface area contributed by atoms with Crippen molar-refractivity contribution in [2.24, 2.45) is 0 Å². The largest absolute Gasteiger partial charge is 0.497 e. The normalized spacial score (nSPS) is 17.0. The molecule has 3 aromatic carbocycles. The van der Waals surface area contributed by atoms with Gasteiger partial charge in [0, 0.05) is 0 Å². The Kier molecular flexibility index (Phi) is 4.37. The summed E-state index contributed by atoms with van der Waals surface area (Å²) in [5.74, 6) is -0.267. The van der Waals surface area contributed by atoms with Crippen LogP contribution in [0.4, 0.5) is 5.69 Å². The minimum Gasteiger partial charge on any atom is -0.497 e. The zero-order valence-electron chi connectivity index (χ0n) is 16.3. The Morgan fingerprint density at radius 2 is 1.73 bits per heavy atom. The summed E-state index contributed by atoms with van der Waals surface area (Å²) in [6.07, 6.45) is 3.70. The maximum atomic E-state index is 13.3. The van der Waals surface area contributed by atoms with Crippen molar-refractivity contribution in [1.29, 1.82) is 0 Å². The molecule has 1 aliphatic heterocycles. The van der Waals surface area contributed by atoms with Crippen LogP contribution in [0.15, 0.2) is 60.2 Å². The van der Waals surface area contributed by atoms with Gasteiger partial charge in [-0.3, -0.25) is 19.8 Å². The third-order valence-electron chi connectivity index (χ3n) is 5.64. The molecule has 1 saturated heterocycles. The van der Waals surface area contributed by atoms with E-state index >= 15 is 0 Å². The van der Waals surface area contributed by atoms with E-state index in [1.807, 2.05) is 18.2 Å². The predicted octanol–water partition coefficient (Wildman–Crippen LogP) is 3.78. The molecule has 0 unspecified atom stereocenters. The van der Waals surface area contributed by atoms with Crippen LogP contribution in [0, 0.1) is 0 Å². The van der Waals surface area contributed by atoms with Crippen molar-refractivity contribution in [3.63, 3.8) is 0 Å². The summed E-state index contributed by atoms with van der Waals surface area (Å²) in [6.45, 7) is 0. The molecule has 3 aromatic rings. The molecule has 148 valence electrons. The first kappa shape index (κ1) is 18.5. The third-order valence-corrected chi connectivity index (χ3v) is 5.93. The van der Waals surface area contributed by atoms with E-state index < -0.39 is 11.8 Å². The van der Waals surface area contributed by atoms with Crippen molar-refractivity contribution < 1.29 is 14.3 Å². The van der Waals surface area contributed by atoms with Gasteiger partial charge in [0.1, 0.15) is 11.3 Å². The molecule has 0 aromatic heterocycles. The van der Waals surface area contributed by atoms with Gasteiger partial charge in [0.2, 0.25) is 0 Å². The third kappa shape index (κ3) is 2.88. The van der Waals surface area contributed by atoms with Crippen LogP contribution in [0.1, 0.15) is 16.7 Å². The highest BCUT2D eigenvalue weighted by atomic mass is 32.1. The molecular formula is C24H18N2O3S. The molecule has 5 nitrogen and oxygen atoms in total. The van der Waals surface area contributed by atoms with E-state index in [1.165, 1.54) is 21.4 Å². The van der Waals surface area contributed by atoms with Crippen molar-refractivity contribution in [2.45, 2.75) is 12.8 Å². The van der Waals surface area contributed by atoms with E-state index in [4.69, 9.17) is 17.0 Å². The zero-order valence-corrected chi connectivity index (χ0v) is 17.1. The van der Waals surface area contributed by atoms with Gasteiger partial charge in [0.05, 0.1) is 12.8 Å². The number of nitrogens with one attached hydrogen (secondary N) is 1. The van der Waals surface area contributed by atoms with E-state index in [-0.39, 0.29) is 10.7 Å². The Morgan fingerprint density at radius 3 is 2.47 bits per heavy atom. The molecule has 0 atom stereocenters. The van der Waals surface area contributed by atoms with Crippen LogP contribution in [-0.4, -0.2) is 24.0 Å². The van der Waals surface area contributed by atoms with Crippen molar-refractivity contribution in [2.75, 3.05) is 12.0 Å². The number of ether oxygens (including phenoxy) is 1. The van der Waals surface area contributed by atoms with Gasteiger partial charge in [-0.25, -0.2) is 0 Å². The number of anilines is 1. The fourth-order valence-corrected chi connectivity index (χ4v) is 4.46. The summed E-state index contributed by atoms with van der Waals surface area (Å²) in [7, 11) is 1.57. The minimum absolute atomic E-state index is 0.0538. The van der Waals surface area contributed by atoms with E-state index in [0.29, 0.717) is 11.4 Å². The standard InChI is InChI=1S/C24H18N2O3S/c1-29-18-11-9-17(10-12-18)26-23(28)20(22(27)25-24(26)30)13-16-8-7-15-6-5-14-3-2-4-19(16)21(14)15/h2-4,7-13H,5-6H2,1H3,(H,25,27,30)/b20-13-. The SMILES string of the molecule is COc1ccc(N2C(=O)/C(=C\c3ccc4c5c(cccc35)CC4)C(=O)NC2=S)cc1. The summed E-state index contributed by atoms with van der Waals surface area (Å²) < 4.78 is 5.18. The van der Waals surface area contributed by atoms with Crippen LogP contribution in [0.3, 0.4) is 0 Å². The molecule has 0 bridgehead atoms. The Bertz CT molecular complexity index is 1250. The zero-order chi connectivity index (χ0) is 20.8. The van der Waals surface area contributed by atoms with Crippen LogP contribution in [-0.2, 0) is 22.4 Å². The monoisotopic (exact) mass is 414 g/mol. The van der Waals surface area contributed by atoms with Gasteiger partial charge < -0.3 is 4.74 Å². The molecule has 2 aliphatic rings. The lowest BCUT2D eigenvalue weighted by Crippen LogP contribution is -2.54. The number of carbonyl (C=O) groups excluding carboxylic acids is 2. The Morgan fingerprint density at radius 1 is 1.00 bits per heavy atom. The van der Waals surface area contributed by atoms with Crippen molar-refractivity contribution in [1.82, 2.24) is 5.32 Å². The molecule has 1 N–H and O–H groups in total. The highest BCUT2D eigenvalue weighted by Gasteiger charge is 2.34. The summed E-state index contributed by atoms with van der Waals surface area (Å²) in [5, 5.41) is 4.99. The Hall–Kier alpha value is -3.51. The summed E-state index contributed by atoms with van der Waals surface area (Å²) in [4.78, 5) is 27.2. The first-order chi connectivity index (χ1) is 14.6. The number of hydrogen-bond acceptors (Lipinski definition) is 4. The van der Waals surface area contributed by atoms with E-state index in [9.17, 15) is 9.59 Å². The Balaban J connectivity index is 1.59. The number of carbonyl (C=O) groups is 2. The molecule has 1 fully saturated rings. The predicted molar refractivity (Wildman–Crippen MR) is 121 cm³/mol. The van der Waals surface area contributed by atoms with Gasteiger partial charge in [-0.2, -0.15) is 0 Å². The van der Waals surface area contributed by atoms with Gasteiger partial charge in [0.25, 0.3) is 11.8 Å². The summed E-state index contributed by atoms with van der Waals surface area (Å²) in [6, 6.07) is 17.2. The average Bonchev–Trinajstić information content (AvgIpc) is 3.18. The number of hydrogen-bond donors (Lipinski definition) is 1. The molecule has 1 aliphatic carbocycles. The van der Waals surface area contributed by atoms with Crippen LogP contribution in [0.25, 0.3) is 16.8 Å². The van der Waals surface area contributed by atoms with Crippen LogP contribution < -0.4 is 15.0 Å². The summed E-state index contributed by atoms with van der Waals surface area (Å²) >= 11 is 5.28. The highest BCUT2D eigenvalue weighted by Crippen LogP contribution is 2.34. The lowest BCUT2D eigenvalue weighted by Gasteiger charge is -2.29. The number of methoxy groups -OCH3 is 1. The van der Waals surface area contributed by atoms with Gasteiger partial charge in [-0.1, -0.05) is 30.3 Å². The highest BCUT2D eigenvalue weighted by molar-refractivity contribution is 7.80. The van der Waals surface area contributed by atoms with Crippen molar-refractivity contribution in [3.05, 3.63) is 76.9 Å². The van der Waals surface area contributed by atoms with E-state index in [2.05, 4.69) is 17.4 Å². The van der Waals surface area contributed by atoms with Crippen LogP contribution in [0.5, 0.6) is 5.75 Å². The molecule has 0 radical (unpaired) electrons. The summed E-state index contributed by atoms with van der Waals surface area (Å²) in [5.41, 5.74) is 4.08. The quantitative estimate of drug-likeness (QED) is 0.403. The maximum absolute atomic E-state index is 13.3. The minimum atomic E-state index is -0.488. The smallest absolute Gasteiger partial charge is 0.270 e. The number of nitrogens with zero attached hydrogens (tertiary/aromatic N) is 1. The van der Waals surface area contributed by atoms with Gasteiger partial charge >= 0.3 is 0 Å². The number of benzene rings is 3. The second-order valence-electron chi connectivity index (χ2n) is 7.31. The van der Waals surface area contributed by atoms with Gasteiger partial charge in [-0.15, -0.1) is 0 Å². The molecule has 30 heavy (non-hydrogen) atoms. The van der Waals surface area contributed by atoms with E-state index in [1.54, 1.807) is 37.5 Å². The molecule has 1 heterocycles. The topological polar surface area (TPSA) is 58.6 Å². The first-order valence-corrected chi connectivity index (χ1v) is 10.1. The first-order valence-electron chi connectivity index (χ1n) is 9.66. The van der Waals surface area contributed by atoms with E-state index in [0.717, 1.165) is 23.8 Å². The van der Waals surface area contributed by atoms with Gasteiger partial charge in [0.15, 0.2) is 5.11 Å². The lowest BCUT2D eigenvalue weighted by atomic mass is 9.97. The molecule has 5 rings (SSSR count). The van der Waals surface area contributed by atoms with Gasteiger partial charge in [-0.05, 0) is 82.9 Å². The molecule has 0 saturated carbocycles. The maximum Gasteiger partial charge on any atom is 0.270 e. The fourth-order valence-electron chi connectivity index (χ4n) is 4.17. The molecular weight excluding hydrogens is 396 g/mol. The Labute approximate surface area is 178 Å². The molecule has 6 heteroatoms. The van der Waals surface area contributed by atoms with Crippen molar-refractivity contribution >= 4 is 51.7 Å². The second-order valence-corrected chi connectivity index (χ2v) is 7.70. The number of thiocarbonyl (C=S) groups is 1. The number of rotatable bonds is 3. The van der Waals surface area contributed by atoms with Crippen molar-refractivity contribution in [3.8, 4) is 5.75 Å². The second kappa shape index (κ2) is 7.07. The lowest BCUT2D eigenvalue weighted by molar-refractivity contribution is -0.122. The molecule has 0 spiro atoms. The number of amides is 2. The number of aryl methyl sites for hydroxylation is 2. The van der Waals surface area contributed by atoms with Crippen LogP contribution >= 0.6 is 12.2 Å². The average molecular weight is 414 g/mol.